The molecule has 17 heavy (non-hydrogen) atoms. The highest BCUT2D eigenvalue weighted by Gasteiger charge is 2.23. The van der Waals surface area contributed by atoms with Crippen LogP contribution in [0.1, 0.15) is 6.42 Å². The zero-order chi connectivity index (χ0) is 11.5. The van der Waals surface area contributed by atoms with Crippen LogP contribution in [-0.2, 0) is 0 Å². The third kappa shape index (κ3) is 2.64. The Morgan fingerprint density at radius 3 is 2.94 bits per heavy atom. The van der Waals surface area contributed by atoms with Crippen LogP contribution in [0.3, 0.4) is 0 Å². The SMILES string of the molecule is C1=CC2=CCN(N3CCSCC3)CC[C@@H]2N=C1. The fourth-order valence-corrected chi connectivity index (χ4v) is 3.50. The van der Waals surface area contributed by atoms with Gasteiger partial charge in [-0.15, -0.1) is 0 Å². The minimum atomic E-state index is 0.407. The molecular weight excluding hydrogens is 230 g/mol. The fraction of sp³-hybridized carbons (Fsp3) is 0.615. The van der Waals surface area contributed by atoms with Crippen molar-refractivity contribution in [3.63, 3.8) is 0 Å². The topological polar surface area (TPSA) is 18.8 Å². The number of aliphatic imine (C=N–C) groups is 1. The van der Waals surface area contributed by atoms with Crippen LogP contribution in [0.4, 0.5) is 0 Å². The van der Waals surface area contributed by atoms with Gasteiger partial charge in [0.2, 0.25) is 0 Å². The summed E-state index contributed by atoms with van der Waals surface area (Å²) in [6, 6.07) is 0.407. The minimum Gasteiger partial charge on any atom is -0.285 e. The molecule has 3 nitrogen and oxygen atoms in total. The lowest BCUT2D eigenvalue weighted by Gasteiger charge is -2.36. The molecule has 3 rings (SSSR count). The van der Waals surface area contributed by atoms with E-state index in [1.54, 1.807) is 0 Å². The Bertz CT molecular complexity index is 356. The molecule has 92 valence electrons. The zero-order valence-corrected chi connectivity index (χ0v) is 10.9. The summed E-state index contributed by atoms with van der Waals surface area (Å²) in [6.45, 7) is 4.60. The largest absolute Gasteiger partial charge is 0.285 e. The summed E-state index contributed by atoms with van der Waals surface area (Å²) in [7, 11) is 0. The normalized spacial score (nSPS) is 30.8. The van der Waals surface area contributed by atoms with Crippen molar-refractivity contribution in [3.8, 4) is 0 Å². The van der Waals surface area contributed by atoms with Crippen molar-refractivity contribution >= 4 is 18.0 Å². The molecule has 3 heterocycles. The molecule has 0 unspecified atom stereocenters. The van der Waals surface area contributed by atoms with Gasteiger partial charge in [-0.2, -0.15) is 11.8 Å². The maximum Gasteiger partial charge on any atom is 0.0759 e. The van der Waals surface area contributed by atoms with E-state index < -0.39 is 0 Å². The van der Waals surface area contributed by atoms with Gasteiger partial charge in [0.1, 0.15) is 0 Å². The Morgan fingerprint density at radius 2 is 2.06 bits per heavy atom. The predicted molar refractivity (Wildman–Crippen MR) is 74.6 cm³/mol. The van der Waals surface area contributed by atoms with Crippen LogP contribution < -0.4 is 0 Å². The molecule has 0 aliphatic carbocycles. The van der Waals surface area contributed by atoms with Crippen molar-refractivity contribution < 1.29 is 0 Å². The highest BCUT2D eigenvalue weighted by atomic mass is 32.2. The summed E-state index contributed by atoms with van der Waals surface area (Å²) in [5.74, 6) is 2.54. The third-order valence-corrected chi connectivity index (χ3v) is 4.55. The first-order chi connectivity index (χ1) is 8.43. The first-order valence-corrected chi connectivity index (χ1v) is 7.56. The number of nitrogens with zero attached hydrogens (tertiary/aromatic N) is 3. The van der Waals surface area contributed by atoms with E-state index in [1.807, 2.05) is 6.21 Å². The molecule has 1 fully saturated rings. The second kappa shape index (κ2) is 5.38. The van der Waals surface area contributed by atoms with Gasteiger partial charge in [-0.25, -0.2) is 10.0 Å². The molecule has 1 saturated heterocycles. The molecule has 3 aliphatic rings. The van der Waals surface area contributed by atoms with E-state index in [4.69, 9.17) is 0 Å². The maximum absolute atomic E-state index is 4.56. The van der Waals surface area contributed by atoms with Gasteiger partial charge >= 0.3 is 0 Å². The molecule has 0 N–H and O–H groups in total. The summed E-state index contributed by atoms with van der Waals surface area (Å²) in [4.78, 5) is 4.56. The van der Waals surface area contributed by atoms with E-state index in [0.717, 1.165) is 19.5 Å². The van der Waals surface area contributed by atoms with Gasteiger partial charge in [0.15, 0.2) is 0 Å². The van der Waals surface area contributed by atoms with E-state index in [9.17, 15) is 0 Å². The number of allylic oxidation sites excluding steroid dienone is 1. The molecular formula is C13H19N3S. The lowest BCUT2D eigenvalue weighted by atomic mass is 10.0. The molecule has 4 heteroatoms. The van der Waals surface area contributed by atoms with Crippen LogP contribution in [0.2, 0.25) is 0 Å². The number of hydrazine groups is 1. The highest BCUT2D eigenvalue weighted by molar-refractivity contribution is 7.99. The first-order valence-electron chi connectivity index (χ1n) is 6.41. The average molecular weight is 249 g/mol. The van der Waals surface area contributed by atoms with E-state index >= 15 is 0 Å². The second-order valence-electron chi connectivity index (χ2n) is 4.64. The summed E-state index contributed by atoms with van der Waals surface area (Å²) in [5.41, 5.74) is 1.40. The van der Waals surface area contributed by atoms with Crippen molar-refractivity contribution in [2.75, 3.05) is 37.7 Å². The van der Waals surface area contributed by atoms with Crippen molar-refractivity contribution in [3.05, 3.63) is 23.8 Å². The van der Waals surface area contributed by atoms with Crippen LogP contribution in [-0.4, -0.2) is 60.0 Å². The van der Waals surface area contributed by atoms with Crippen LogP contribution in [0, 0.1) is 0 Å². The van der Waals surface area contributed by atoms with Crippen LogP contribution in [0.15, 0.2) is 28.8 Å². The summed E-state index contributed by atoms with van der Waals surface area (Å²) in [5, 5.41) is 5.03. The van der Waals surface area contributed by atoms with E-state index in [1.165, 1.54) is 30.2 Å². The van der Waals surface area contributed by atoms with Crippen LogP contribution in [0.5, 0.6) is 0 Å². The van der Waals surface area contributed by atoms with Gasteiger partial charge in [-0.05, 0) is 18.1 Å². The molecule has 0 aromatic heterocycles. The van der Waals surface area contributed by atoms with Gasteiger partial charge in [-0.1, -0.05) is 12.2 Å². The molecule has 0 saturated carbocycles. The van der Waals surface area contributed by atoms with Gasteiger partial charge in [0, 0.05) is 43.9 Å². The Hall–Kier alpha value is -0.580. The number of fused-ring (bicyclic) bond motifs is 1. The number of rotatable bonds is 1. The van der Waals surface area contributed by atoms with Crippen molar-refractivity contribution in [1.82, 2.24) is 10.0 Å². The molecule has 0 amide bonds. The average Bonchev–Trinajstić information content (AvgIpc) is 2.62. The summed E-state index contributed by atoms with van der Waals surface area (Å²) < 4.78 is 0. The molecule has 0 spiro atoms. The van der Waals surface area contributed by atoms with E-state index in [0.29, 0.717) is 6.04 Å². The number of hydrogen-bond acceptors (Lipinski definition) is 4. The molecule has 0 radical (unpaired) electrons. The standard InChI is InChI=1S/C13H19N3S/c1-2-12-3-6-15(7-4-13(12)14-5-1)16-8-10-17-11-9-16/h1-3,5,13H,4,6-11H2/t13-/m0/s1. The third-order valence-electron chi connectivity index (χ3n) is 3.61. The molecule has 0 aromatic rings. The van der Waals surface area contributed by atoms with Crippen molar-refractivity contribution in [1.29, 1.82) is 0 Å². The van der Waals surface area contributed by atoms with Crippen molar-refractivity contribution in [2.45, 2.75) is 12.5 Å². The monoisotopic (exact) mass is 249 g/mol. The van der Waals surface area contributed by atoms with Crippen molar-refractivity contribution in [2.24, 2.45) is 4.99 Å². The smallest absolute Gasteiger partial charge is 0.0759 e. The van der Waals surface area contributed by atoms with E-state index in [2.05, 4.69) is 45.0 Å². The van der Waals surface area contributed by atoms with Gasteiger partial charge < -0.3 is 0 Å². The van der Waals surface area contributed by atoms with Crippen LogP contribution in [0.25, 0.3) is 0 Å². The number of thioether (sulfide) groups is 1. The number of hydrogen-bond donors (Lipinski definition) is 0. The highest BCUT2D eigenvalue weighted by Crippen LogP contribution is 2.21. The lowest BCUT2D eigenvalue weighted by molar-refractivity contribution is -0.00534. The van der Waals surface area contributed by atoms with Gasteiger partial charge in [0.25, 0.3) is 0 Å². The lowest BCUT2D eigenvalue weighted by Crippen LogP contribution is -2.47. The first kappa shape index (κ1) is 11.5. The Balaban J connectivity index is 1.67. The number of dihydropyridines is 1. The molecule has 3 aliphatic heterocycles. The second-order valence-corrected chi connectivity index (χ2v) is 5.87. The maximum atomic E-state index is 4.56. The fourth-order valence-electron chi connectivity index (χ4n) is 2.62. The molecule has 0 bridgehead atoms. The quantitative estimate of drug-likeness (QED) is 0.703. The summed E-state index contributed by atoms with van der Waals surface area (Å²) >= 11 is 2.07. The van der Waals surface area contributed by atoms with Crippen LogP contribution >= 0.6 is 11.8 Å². The Labute approximate surface area is 107 Å². The zero-order valence-electron chi connectivity index (χ0n) is 10.1. The predicted octanol–water partition coefficient (Wildman–Crippen LogP) is 1.59. The summed E-state index contributed by atoms with van der Waals surface area (Å²) in [6.07, 6.45) is 9.71. The Morgan fingerprint density at radius 1 is 1.18 bits per heavy atom. The van der Waals surface area contributed by atoms with Gasteiger partial charge in [-0.3, -0.25) is 4.99 Å². The molecule has 0 aromatic carbocycles. The minimum absolute atomic E-state index is 0.407. The van der Waals surface area contributed by atoms with Gasteiger partial charge in [0.05, 0.1) is 6.04 Å². The van der Waals surface area contributed by atoms with E-state index in [-0.39, 0.29) is 0 Å². The Kier molecular flexibility index (Phi) is 3.64. The molecule has 1 atom stereocenters.